The molecule has 126 valence electrons. The third-order valence-electron chi connectivity index (χ3n) is 4.33. The van der Waals surface area contributed by atoms with Gasteiger partial charge in [0, 0.05) is 30.9 Å². The van der Waals surface area contributed by atoms with Crippen molar-refractivity contribution in [2.75, 3.05) is 48.0 Å². The molecule has 7 heteroatoms. The van der Waals surface area contributed by atoms with Gasteiger partial charge in [0.2, 0.25) is 5.91 Å². The molecule has 3 rings (SSSR count). The molecule has 2 saturated heterocycles. The molecule has 1 atom stereocenters. The Morgan fingerprint density at radius 2 is 1.91 bits per heavy atom. The van der Waals surface area contributed by atoms with Gasteiger partial charge in [-0.05, 0) is 36.6 Å². The fourth-order valence-corrected chi connectivity index (χ4v) is 4.95. The number of hydrogen-bond acceptors (Lipinski definition) is 5. The van der Waals surface area contributed by atoms with Gasteiger partial charge < -0.3 is 15.0 Å². The van der Waals surface area contributed by atoms with Gasteiger partial charge in [0.25, 0.3) is 0 Å². The Morgan fingerprint density at radius 3 is 2.52 bits per heavy atom. The quantitative estimate of drug-likeness (QED) is 0.895. The van der Waals surface area contributed by atoms with Crippen LogP contribution in [0.5, 0.6) is 0 Å². The minimum absolute atomic E-state index is 0.0485. The Hall–Kier alpha value is -1.60. The second-order valence-electron chi connectivity index (χ2n) is 6.17. The van der Waals surface area contributed by atoms with Gasteiger partial charge in [-0.2, -0.15) is 0 Å². The molecule has 0 saturated carbocycles. The molecule has 2 aliphatic heterocycles. The highest BCUT2D eigenvalue weighted by Crippen LogP contribution is 2.23. The van der Waals surface area contributed by atoms with E-state index in [1.807, 2.05) is 24.3 Å². The van der Waals surface area contributed by atoms with Crippen LogP contribution in [0, 0.1) is 5.92 Å². The molecule has 0 aromatic heterocycles. The van der Waals surface area contributed by atoms with Crippen molar-refractivity contribution in [3.8, 4) is 0 Å². The first-order chi connectivity index (χ1) is 11.0. The maximum atomic E-state index is 12.0. The Morgan fingerprint density at radius 1 is 1.22 bits per heavy atom. The van der Waals surface area contributed by atoms with Gasteiger partial charge >= 0.3 is 0 Å². The van der Waals surface area contributed by atoms with E-state index in [1.165, 1.54) is 0 Å². The second-order valence-corrected chi connectivity index (χ2v) is 8.40. The van der Waals surface area contributed by atoms with Gasteiger partial charge in [-0.15, -0.1) is 0 Å². The number of carbonyl (C=O) groups is 1. The normalized spacial score (nSPS) is 23.7. The smallest absolute Gasteiger partial charge is 0.224 e. The van der Waals surface area contributed by atoms with Gasteiger partial charge in [-0.25, -0.2) is 8.42 Å². The lowest BCUT2D eigenvalue weighted by Gasteiger charge is -2.28. The van der Waals surface area contributed by atoms with E-state index in [2.05, 4.69) is 10.2 Å². The summed E-state index contributed by atoms with van der Waals surface area (Å²) in [5.74, 6) is 0.175. The highest BCUT2D eigenvalue weighted by atomic mass is 32.2. The van der Waals surface area contributed by atoms with Crippen molar-refractivity contribution in [2.45, 2.75) is 12.8 Å². The fraction of sp³-hybridized carbons (Fsp3) is 0.562. The van der Waals surface area contributed by atoms with E-state index in [0.717, 1.165) is 37.7 Å². The van der Waals surface area contributed by atoms with Crippen LogP contribution in [-0.2, 0) is 19.4 Å². The molecular formula is C16H22N2O4S. The molecule has 1 N–H and O–H groups in total. The van der Waals surface area contributed by atoms with Crippen LogP contribution in [0.25, 0.3) is 0 Å². The highest BCUT2D eigenvalue weighted by Gasteiger charge is 2.29. The number of hydrogen-bond donors (Lipinski definition) is 1. The van der Waals surface area contributed by atoms with Crippen LogP contribution in [0.3, 0.4) is 0 Å². The predicted octanol–water partition coefficient (Wildman–Crippen LogP) is 1.29. The third-order valence-corrected chi connectivity index (χ3v) is 6.17. The largest absolute Gasteiger partial charge is 0.378 e. The van der Waals surface area contributed by atoms with Crippen LogP contribution in [0.15, 0.2) is 24.3 Å². The molecule has 1 aromatic carbocycles. The van der Waals surface area contributed by atoms with Crippen LogP contribution in [0.1, 0.15) is 12.8 Å². The molecule has 0 spiro atoms. The van der Waals surface area contributed by atoms with E-state index in [9.17, 15) is 13.2 Å². The second kappa shape index (κ2) is 6.88. The van der Waals surface area contributed by atoms with Crippen molar-refractivity contribution in [2.24, 2.45) is 5.92 Å². The number of nitrogens with zero attached hydrogens (tertiary/aromatic N) is 1. The van der Waals surface area contributed by atoms with Crippen LogP contribution in [-0.4, -0.2) is 52.1 Å². The molecule has 2 aliphatic rings. The lowest BCUT2D eigenvalue weighted by Crippen LogP contribution is -2.36. The maximum absolute atomic E-state index is 12.0. The van der Waals surface area contributed by atoms with Crippen LogP contribution in [0.4, 0.5) is 11.4 Å². The Kier molecular flexibility index (Phi) is 4.87. The standard InChI is InChI=1S/C16H22N2O4S/c19-16(11-13-5-10-23(20,21)12-13)17-14-1-3-15(4-2-14)18-6-8-22-9-7-18/h1-4,13H,5-12H2,(H,17,19). The van der Waals surface area contributed by atoms with E-state index in [0.29, 0.717) is 6.42 Å². The van der Waals surface area contributed by atoms with Gasteiger partial charge in [0.1, 0.15) is 0 Å². The third kappa shape index (κ3) is 4.45. The van der Waals surface area contributed by atoms with Crippen molar-refractivity contribution in [3.05, 3.63) is 24.3 Å². The van der Waals surface area contributed by atoms with Crippen molar-refractivity contribution in [1.29, 1.82) is 0 Å². The lowest BCUT2D eigenvalue weighted by atomic mass is 10.1. The number of anilines is 2. The number of ether oxygens (including phenoxy) is 1. The summed E-state index contributed by atoms with van der Waals surface area (Å²) in [5, 5.41) is 2.85. The molecular weight excluding hydrogens is 316 g/mol. The number of amides is 1. The summed E-state index contributed by atoms with van der Waals surface area (Å²) in [5.41, 5.74) is 1.86. The zero-order valence-corrected chi connectivity index (χ0v) is 13.8. The van der Waals surface area contributed by atoms with Gasteiger partial charge in [-0.3, -0.25) is 4.79 Å². The summed E-state index contributed by atoms with van der Waals surface area (Å²) in [4.78, 5) is 14.3. The molecule has 2 fully saturated rings. The van der Waals surface area contributed by atoms with Crippen LogP contribution in [0.2, 0.25) is 0 Å². The number of rotatable bonds is 4. The summed E-state index contributed by atoms with van der Waals surface area (Å²) >= 11 is 0. The first-order valence-electron chi connectivity index (χ1n) is 7.95. The first kappa shape index (κ1) is 16.3. The van der Waals surface area contributed by atoms with Crippen molar-refractivity contribution >= 4 is 27.1 Å². The van der Waals surface area contributed by atoms with E-state index < -0.39 is 9.84 Å². The van der Waals surface area contributed by atoms with E-state index >= 15 is 0 Å². The zero-order chi connectivity index (χ0) is 16.3. The van der Waals surface area contributed by atoms with E-state index in [-0.39, 0.29) is 29.8 Å². The average molecular weight is 338 g/mol. The summed E-state index contributed by atoms with van der Waals surface area (Å²) in [6.07, 6.45) is 0.857. The fourth-order valence-electron chi connectivity index (χ4n) is 3.08. The maximum Gasteiger partial charge on any atom is 0.224 e. The van der Waals surface area contributed by atoms with E-state index in [1.54, 1.807) is 0 Å². The molecule has 2 heterocycles. The minimum atomic E-state index is -2.93. The summed E-state index contributed by atoms with van der Waals surface area (Å²) < 4.78 is 28.2. The van der Waals surface area contributed by atoms with Gasteiger partial charge in [0.15, 0.2) is 9.84 Å². The Labute approximate surface area is 136 Å². The molecule has 0 radical (unpaired) electrons. The van der Waals surface area contributed by atoms with Gasteiger partial charge in [0.05, 0.1) is 24.7 Å². The van der Waals surface area contributed by atoms with E-state index in [4.69, 9.17) is 4.74 Å². The summed E-state index contributed by atoms with van der Waals surface area (Å²) in [6, 6.07) is 7.74. The zero-order valence-electron chi connectivity index (χ0n) is 13.0. The Balaban J connectivity index is 1.52. The van der Waals surface area contributed by atoms with Crippen molar-refractivity contribution in [1.82, 2.24) is 0 Å². The monoisotopic (exact) mass is 338 g/mol. The highest BCUT2D eigenvalue weighted by molar-refractivity contribution is 7.91. The molecule has 1 amide bonds. The first-order valence-corrected chi connectivity index (χ1v) is 9.77. The predicted molar refractivity (Wildman–Crippen MR) is 89.5 cm³/mol. The molecule has 6 nitrogen and oxygen atoms in total. The minimum Gasteiger partial charge on any atom is -0.378 e. The topological polar surface area (TPSA) is 75.7 Å². The number of morpholine rings is 1. The summed E-state index contributed by atoms with van der Waals surface area (Å²) in [6.45, 7) is 3.23. The number of carbonyl (C=O) groups excluding carboxylic acids is 1. The van der Waals surface area contributed by atoms with Crippen LogP contribution >= 0.6 is 0 Å². The number of benzene rings is 1. The van der Waals surface area contributed by atoms with Crippen LogP contribution < -0.4 is 10.2 Å². The number of sulfone groups is 1. The molecule has 0 aliphatic carbocycles. The molecule has 23 heavy (non-hydrogen) atoms. The molecule has 0 bridgehead atoms. The number of nitrogens with one attached hydrogen (secondary N) is 1. The SMILES string of the molecule is O=C(CC1CCS(=O)(=O)C1)Nc1ccc(N2CCOCC2)cc1. The van der Waals surface area contributed by atoms with Crippen molar-refractivity contribution < 1.29 is 17.9 Å². The Bertz CT molecular complexity index is 651. The summed E-state index contributed by atoms with van der Waals surface area (Å²) in [7, 11) is -2.93. The lowest BCUT2D eigenvalue weighted by molar-refractivity contribution is -0.116. The molecule has 1 unspecified atom stereocenters. The van der Waals surface area contributed by atoms with Crippen molar-refractivity contribution in [3.63, 3.8) is 0 Å². The average Bonchev–Trinajstić information content (AvgIpc) is 2.87. The molecule has 1 aromatic rings. The van der Waals surface area contributed by atoms with Gasteiger partial charge in [-0.1, -0.05) is 0 Å².